The summed E-state index contributed by atoms with van der Waals surface area (Å²) in [6.07, 6.45) is 61.2. The minimum atomic E-state index is -4.96. The fraction of sp³-hybridized carbons (Fsp3) is 0.952. The van der Waals surface area contributed by atoms with Gasteiger partial charge in [0, 0.05) is 25.7 Å². The Labute approximate surface area is 632 Å². The monoisotopic (exact) mass is 1510 g/mol. The summed E-state index contributed by atoms with van der Waals surface area (Å²) in [7, 11) is -9.92. The zero-order valence-corrected chi connectivity index (χ0v) is 69.7. The Morgan fingerprint density at radius 1 is 0.272 bits per heavy atom. The molecule has 19 heteroatoms. The summed E-state index contributed by atoms with van der Waals surface area (Å²) in [4.78, 5) is 73.1. The number of phosphoric ester groups is 2. The van der Waals surface area contributed by atoms with Gasteiger partial charge in [-0.25, -0.2) is 9.13 Å². The predicted molar refractivity (Wildman–Crippen MR) is 423 cm³/mol. The van der Waals surface area contributed by atoms with Gasteiger partial charge in [-0.05, 0) is 49.4 Å². The Morgan fingerprint density at radius 3 is 0.689 bits per heavy atom. The van der Waals surface area contributed by atoms with E-state index in [1.54, 1.807) is 0 Å². The van der Waals surface area contributed by atoms with Crippen LogP contribution in [0.1, 0.15) is 434 Å². The highest BCUT2D eigenvalue weighted by Crippen LogP contribution is 2.45. The highest BCUT2D eigenvalue weighted by molar-refractivity contribution is 7.47. The van der Waals surface area contributed by atoms with Crippen molar-refractivity contribution in [3.8, 4) is 0 Å². The number of unbranched alkanes of at least 4 members (excludes halogenated alkanes) is 45. The van der Waals surface area contributed by atoms with E-state index in [4.69, 9.17) is 37.0 Å². The van der Waals surface area contributed by atoms with Gasteiger partial charge in [0.15, 0.2) is 12.2 Å². The molecule has 612 valence electrons. The Morgan fingerprint density at radius 2 is 0.466 bits per heavy atom. The first-order valence-corrected chi connectivity index (χ1v) is 46.3. The van der Waals surface area contributed by atoms with Crippen LogP contribution in [0.15, 0.2) is 0 Å². The summed E-state index contributed by atoms with van der Waals surface area (Å²) in [6.45, 7) is 14.3. The van der Waals surface area contributed by atoms with Crippen LogP contribution in [0.25, 0.3) is 0 Å². The molecular formula is C84H164O17P2. The van der Waals surface area contributed by atoms with Crippen LogP contribution in [-0.4, -0.2) is 96.7 Å². The molecule has 0 rings (SSSR count). The standard InChI is InChI=1S/C84H164O17P2/c1-9-76(7)62-54-46-37-31-25-19-15-13-11-12-14-16-22-28-34-40-50-58-66-83(88)101-80(71-95-82(87)65-57-49-43-42-45-53-61-75(5)6)73-99-103(92,93)97-69-78(85)68-96-102(90,91)98-72-79(100-84(89)67-59-51-41-35-29-23-24-30-36-44-52-60-74(3)4)70-94-81(86)64-56-48-39-33-27-21-18-17-20-26-32-38-47-55-63-77(8)10-2/h74-80,85H,9-73H2,1-8H3,(H,90,91)(H,92,93)/t76?,77?,78-,79-,80-/m1/s1. The zero-order chi connectivity index (χ0) is 76.0. The van der Waals surface area contributed by atoms with E-state index >= 15 is 0 Å². The van der Waals surface area contributed by atoms with Gasteiger partial charge < -0.3 is 33.8 Å². The molecule has 3 N–H and O–H groups in total. The van der Waals surface area contributed by atoms with Crippen LogP contribution in [-0.2, 0) is 65.4 Å². The summed E-state index contributed by atoms with van der Waals surface area (Å²) in [5, 5.41) is 10.7. The van der Waals surface area contributed by atoms with Gasteiger partial charge >= 0.3 is 39.5 Å². The van der Waals surface area contributed by atoms with E-state index in [1.165, 1.54) is 231 Å². The van der Waals surface area contributed by atoms with Crippen LogP contribution in [0, 0.1) is 23.7 Å². The maximum atomic E-state index is 13.1. The molecule has 0 aliphatic heterocycles. The smallest absolute Gasteiger partial charge is 0.462 e. The highest BCUT2D eigenvalue weighted by Gasteiger charge is 2.30. The molecule has 0 aliphatic carbocycles. The minimum Gasteiger partial charge on any atom is -0.462 e. The van der Waals surface area contributed by atoms with Crippen molar-refractivity contribution >= 4 is 39.5 Å². The molecule has 0 fully saturated rings. The largest absolute Gasteiger partial charge is 0.472 e. The Kier molecular flexibility index (Phi) is 71.5. The molecule has 0 radical (unpaired) electrons. The van der Waals surface area contributed by atoms with Crippen molar-refractivity contribution < 1.29 is 80.2 Å². The second kappa shape index (κ2) is 72.9. The molecular weight excluding hydrogens is 1340 g/mol. The topological polar surface area (TPSA) is 237 Å². The lowest BCUT2D eigenvalue weighted by atomic mass is 9.99. The van der Waals surface area contributed by atoms with Crippen molar-refractivity contribution in [2.24, 2.45) is 23.7 Å². The number of ether oxygens (including phenoxy) is 4. The molecule has 103 heavy (non-hydrogen) atoms. The van der Waals surface area contributed by atoms with Gasteiger partial charge in [0.25, 0.3) is 0 Å². The quantitative estimate of drug-likeness (QED) is 0.0222. The first-order valence-electron chi connectivity index (χ1n) is 43.3. The van der Waals surface area contributed by atoms with Gasteiger partial charge in [-0.1, -0.05) is 383 Å². The normalized spacial score (nSPS) is 14.5. The second-order valence-electron chi connectivity index (χ2n) is 31.7. The molecule has 0 amide bonds. The van der Waals surface area contributed by atoms with E-state index in [9.17, 15) is 43.2 Å². The number of aliphatic hydroxyl groups excluding tert-OH is 1. The number of rotatable bonds is 81. The van der Waals surface area contributed by atoms with Crippen molar-refractivity contribution in [3.05, 3.63) is 0 Å². The number of hydrogen-bond acceptors (Lipinski definition) is 15. The van der Waals surface area contributed by atoms with Gasteiger partial charge in [-0.3, -0.25) is 37.3 Å². The fourth-order valence-corrected chi connectivity index (χ4v) is 14.5. The van der Waals surface area contributed by atoms with Crippen molar-refractivity contribution in [3.63, 3.8) is 0 Å². The Bertz CT molecular complexity index is 2010. The van der Waals surface area contributed by atoms with Crippen LogP contribution in [0.4, 0.5) is 0 Å². The summed E-state index contributed by atoms with van der Waals surface area (Å²) in [5.74, 6) is 1.05. The van der Waals surface area contributed by atoms with Gasteiger partial charge in [0.05, 0.1) is 26.4 Å². The lowest BCUT2D eigenvalue weighted by molar-refractivity contribution is -0.161. The molecule has 0 saturated heterocycles. The Balaban J connectivity index is 5.17. The summed E-state index contributed by atoms with van der Waals surface area (Å²) >= 11 is 0. The SMILES string of the molecule is CCC(C)CCCCCCCCCCCCCCCCCCCCC(=O)O[C@H](COC(=O)CCCCCCCCC(C)C)COP(=O)(O)OC[C@H](O)COP(=O)(O)OC[C@@H](COC(=O)CCCCCCCCCCCCCCCCC(C)CC)OC(=O)CCCCCCCCCCCCCC(C)C. The number of carbonyl (C=O) groups excluding carboxylic acids is 4. The van der Waals surface area contributed by atoms with Gasteiger partial charge in [-0.15, -0.1) is 0 Å². The predicted octanol–water partition coefficient (Wildman–Crippen LogP) is 25.2. The van der Waals surface area contributed by atoms with E-state index in [-0.39, 0.29) is 25.7 Å². The van der Waals surface area contributed by atoms with E-state index in [2.05, 4.69) is 55.4 Å². The van der Waals surface area contributed by atoms with E-state index in [0.717, 1.165) is 114 Å². The van der Waals surface area contributed by atoms with Crippen molar-refractivity contribution in [1.29, 1.82) is 0 Å². The average molecular weight is 1510 g/mol. The Hall–Kier alpha value is -1.94. The number of hydrogen-bond donors (Lipinski definition) is 3. The second-order valence-corrected chi connectivity index (χ2v) is 34.6. The third-order valence-corrected chi connectivity index (χ3v) is 22.2. The van der Waals surface area contributed by atoms with Crippen LogP contribution in [0.5, 0.6) is 0 Å². The number of esters is 4. The molecule has 4 unspecified atom stereocenters. The molecule has 0 spiro atoms. The van der Waals surface area contributed by atoms with Crippen molar-refractivity contribution in [2.45, 2.75) is 453 Å². The van der Waals surface area contributed by atoms with Crippen LogP contribution in [0.3, 0.4) is 0 Å². The van der Waals surface area contributed by atoms with Crippen molar-refractivity contribution in [1.82, 2.24) is 0 Å². The third kappa shape index (κ3) is 75.3. The molecule has 17 nitrogen and oxygen atoms in total. The van der Waals surface area contributed by atoms with E-state index in [1.807, 2.05) is 0 Å². The summed E-state index contributed by atoms with van der Waals surface area (Å²) < 4.78 is 68.8. The van der Waals surface area contributed by atoms with Crippen LogP contribution < -0.4 is 0 Å². The molecule has 0 saturated carbocycles. The van der Waals surface area contributed by atoms with E-state index < -0.39 is 97.5 Å². The fourth-order valence-electron chi connectivity index (χ4n) is 12.9. The minimum absolute atomic E-state index is 0.106. The number of aliphatic hydroxyl groups is 1. The first-order chi connectivity index (χ1) is 49.7. The zero-order valence-electron chi connectivity index (χ0n) is 68.0. The highest BCUT2D eigenvalue weighted by atomic mass is 31.2. The van der Waals surface area contributed by atoms with E-state index in [0.29, 0.717) is 31.6 Å². The lowest BCUT2D eigenvalue weighted by Gasteiger charge is -2.21. The molecule has 0 bridgehead atoms. The van der Waals surface area contributed by atoms with Gasteiger partial charge in [0.1, 0.15) is 19.3 Å². The molecule has 0 heterocycles. The molecule has 0 aromatic rings. The lowest BCUT2D eigenvalue weighted by Crippen LogP contribution is -2.30. The number of carbonyl (C=O) groups is 4. The molecule has 0 aliphatic rings. The van der Waals surface area contributed by atoms with Gasteiger partial charge in [-0.2, -0.15) is 0 Å². The van der Waals surface area contributed by atoms with Crippen LogP contribution in [0.2, 0.25) is 0 Å². The molecule has 7 atom stereocenters. The first kappa shape index (κ1) is 101. The maximum Gasteiger partial charge on any atom is 0.472 e. The maximum absolute atomic E-state index is 13.1. The van der Waals surface area contributed by atoms with Crippen molar-refractivity contribution in [2.75, 3.05) is 39.6 Å². The number of phosphoric acid groups is 2. The molecule has 0 aromatic heterocycles. The third-order valence-electron chi connectivity index (χ3n) is 20.3. The average Bonchev–Trinajstić information content (AvgIpc) is 1.04. The summed E-state index contributed by atoms with van der Waals surface area (Å²) in [6, 6.07) is 0. The van der Waals surface area contributed by atoms with Crippen LogP contribution >= 0.6 is 15.6 Å². The van der Waals surface area contributed by atoms with Gasteiger partial charge in [0.2, 0.25) is 0 Å². The summed E-state index contributed by atoms with van der Waals surface area (Å²) in [5.41, 5.74) is 0. The molecule has 0 aromatic carbocycles.